The van der Waals surface area contributed by atoms with Gasteiger partial charge in [0.05, 0.1) is 12.8 Å². The van der Waals surface area contributed by atoms with Gasteiger partial charge < -0.3 is 19.9 Å². The normalized spacial score (nSPS) is 14.3. The molecule has 0 bridgehead atoms. The maximum Gasteiger partial charge on any atom is 0.322 e. The molecule has 5 nitrogen and oxygen atoms in total. The lowest BCUT2D eigenvalue weighted by atomic mass is 10.2. The molecule has 3 rings (SSSR count). The lowest BCUT2D eigenvalue weighted by Crippen LogP contribution is -2.50. The van der Waals surface area contributed by atoms with Gasteiger partial charge in [0.1, 0.15) is 11.6 Å². The average Bonchev–Trinajstić information content (AvgIpc) is 2.64. The molecule has 1 fully saturated rings. The third-order valence-corrected chi connectivity index (χ3v) is 4.87. The van der Waals surface area contributed by atoms with Crippen molar-refractivity contribution in [1.29, 1.82) is 0 Å². The maximum atomic E-state index is 13.4. The summed E-state index contributed by atoms with van der Waals surface area (Å²) in [7, 11) is 1.54. The zero-order chi connectivity index (χ0) is 18.7. The molecule has 0 saturated carbocycles. The molecule has 0 radical (unpaired) electrons. The number of urea groups is 1. The number of nitrogens with zero attached hydrogens (tertiary/aromatic N) is 2. The Morgan fingerprint density at radius 3 is 2.58 bits per heavy atom. The van der Waals surface area contributed by atoms with E-state index in [1.54, 1.807) is 23.1 Å². The van der Waals surface area contributed by atoms with E-state index in [0.29, 0.717) is 42.6 Å². The number of hydrogen-bond donors (Lipinski definition) is 1. The van der Waals surface area contributed by atoms with Crippen molar-refractivity contribution in [2.24, 2.45) is 0 Å². The number of halogens is 2. The summed E-state index contributed by atoms with van der Waals surface area (Å²) in [5, 5.41) is 3.47. The first-order valence-electron chi connectivity index (χ1n) is 8.38. The first kappa shape index (κ1) is 18.3. The molecule has 1 N–H and O–H groups in total. The Bertz CT molecular complexity index is 807. The van der Waals surface area contributed by atoms with E-state index < -0.39 is 0 Å². The molecular formula is C19H21ClFN3O2. The summed E-state index contributed by atoms with van der Waals surface area (Å²) in [6, 6.07) is 9.80. The van der Waals surface area contributed by atoms with Crippen molar-refractivity contribution < 1.29 is 13.9 Å². The zero-order valence-corrected chi connectivity index (χ0v) is 15.5. The van der Waals surface area contributed by atoms with Crippen LogP contribution >= 0.6 is 11.6 Å². The monoisotopic (exact) mass is 377 g/mol. The lowest BCUT2D eigenvalue weighted by Gasteiger charge is -2.36. The van der Waals surface area contributed by atoms with E-state index in [0.717, 1.165) is 11.3 Å². The van der Waals surface area contributed by atoms with Gasteiger partial charge in [-0.3, -0.25) is 0 Å². The predicted octanol–water partition coefficient (Wildman–Crippen LogP) is 4.15. The van der Waals surface area contributed by atoms with E-state index >= 15 is 0 Å². The fraction of sp³-hybridized carbons (Fsp3) is 0.316. The summed E-state index contributed by atoms with van der Waals surface area (Å²) in [4.78, 5) is 16.4. The van der Waals surface area contributed by atoms with E-state index in [1.807, 2.05) is 13.0 Å². The third kappa shape index (κ3) is 4.02. The van der Waals surface area contributed by atoms with Gasteiger partial charge in [-0.05, 0) is 36.8 Å². The maximum absolute atomic E-state index is 13.4. The number of aryl methyl sites for hydroxylation is 1. The number of benzene rings is 2. The molecule has 138 valence electrons. The summed E-state index contributed by atoms with van der Waals surface area (Å²) >= 11 is 6.10. The van der Waals surface area contributed by atoms with Crippen LogP contribution in [-0.2, 0) is 0 Å². The molecule has 7 heteroatoms. The predicted molar refractivity (Wildman–Crippen MR) is 102 cm³/mol. The third-order valence-electron chi connectivity index (χ3n) is 4.46. The number of nitrogens with one attached hydrogen (secondary N) is 1. The highest BCUT2D eigenvalue weighted by atomic mass is 35.5. The van der Waals surface area contributed by atoms with E-state index in [1.165, 1.54) is 19.2 Å². The molecule has 0 aliphatic carbocycles. The van der Waals surface area contributed by atoms with Crippen LogP contribution in [0.15, 0.2) is 36.4 Å². The van der Waals surface area contributed by atoms with Crippen molar-refractivity contribution >= 4 is 29.0 Å². The van der Waals surface area contributed by atoms with Gasteiger partial charge in [0.25, 0.3) is 0 Å². The van der Waals surface area contributed by atoms with Crippen LogP contribution in [0.5, 0.6) is 5.75 Å². The Kier molecular flexibility index (Phi) is 5.52. The van der Waals surface area contributed by atoms with Gasteiger partial charge >= 0.3 is 6.03 Å². The van der Waals surface area contributed by atoms with Crippen LogP contribution in [0.3, 0.4) is 0 Å². The molecular weight excluding hydrogens is 357 g/mol. The molecule has 1 aliphatic heterocycles. The molecule has 1 saturated heterocycles. The van der Waals surface area contributed by atoms with Crippen LogP contribution < -0.4 is 15.0 Å². The minimum absolute atomic E-state index is 0.191. The quantitative estimate of drug-likeness (QED) is 0.873. The Morgan fingerprint density at radius 2 is 1.92 bits per heavy atom. The highest BCUT2D eigenvalue weighted by molar-refractivity contribution is 6.31. The Hall–Kier alpha value is -2.47. The van der Waals surface area contributed by atoms with Gasteiger partial charge in [0.15, 0.2) is 0 Å². The van der Waals surface area contributed by atoms with E-state index in [-0.39, 0.29) is 11.8 Å². The molecule has 1 heterocycles. The molecule has 1 aliphatic rings. The Labute approximate surface area is 157 Å². The first-order chi connectivity index (χ1) is 12.5. The summed E-state index contributed by atoms with van der Waals surface area (Å²) in [5.41, 5.74) is 2.28. The second-order valence-corrected chi connectivity index (χ2v) is 6.59. The fourth-order valence-corrected chi connectivity index (χ4v) is 3.12. The van der Waals surface area contributed by atoms with E-state index in [4.69, 9.17) is 16.3 Å². The van der Waals surface area contributed by atoms with Gasteiger partial charge in [0.2, 0.25) is 0 Å². The van der Waals surface area contributed by atoms with E-state index in [9.17, 15) is 9.18 Å². The number of rotatable bonds is 3. The largest absolute Gasteiger partial charge is 0.495 e. The number of carbonyl (C=O) groups is 1. The number of ether oxygens (including phenoxy) is 1. The van der Waals surface area contributed by atoms with Crippen LogP contribution in [0.1, 0.15) is 5.56 Å². The topological polar surface area (TPSA) is 44.8 Å². The first-order valence-corrected chi connectivity index (χ1v) is 8.76. The number of methoxy groups -OCH3 is 1. The van der Waals surface area contributed by atoms with Gasteiger partial charge in [-0.2, -0.15) is 0 Å². The summed E-state index contributed by atoms with van der Waals surface area (Å²) in [6.45, 7) is 4.27. The summed E-state index contributed by atoms with van der Waals surface area (Å²) in [6.07, 6.45) is 0. The highest BCUT2D eigenvalue weighted by Crippen LogP contribution is 2.31. The van der Waals surface area contributed by atoms with Gasteiger partial charge in [0, 0.05) is 43.0 Å². The molecule has 2 aromatic rings. The molecule has 26 heavy (non-hydrogen) atoms. The van der Waals surface area contributed by atoms with Crippen molar-refractivity contribution in [1.82, 2.24) is 4.90 Å². The standard InChI is InChI=1S/C19H21ClFN3O2/c1-13-10-17(18(26-2)12-16(13)20)22-19(25)24-8-6-23(7-9-24)15-5-3-4-14(21)11-15/h3-5,10-12H,6-9H2,1-2H3,(H,22,25). The summed E-state index contributed by atoms with van der Waals surface area (Å²) in [5.74, 6) is 0.264. The number of carbonyl (C=O) groups excluding carboxylic acids is 1. The van der Waals surface area contributed by atoms with Crippen molar-refractivity contribution in [3.8, 4) is 5.75 Å². The second kappa shape index (κ2) is 7.83. The van der Waals surface area contributed by atoms with Crippen LogP contribution in [0.2, 0.25) is 5.02 Å². The van der Waals surface area contributed by atoms with Gasteiger partial charge in [-0.25, -0.2) is 9.18 Å². The number of anilines is 2. The molecule has 2 aromatic carbocycles. The SMILES string of the molecule is COc1cc(Cl)c(C)cc1NC(=O)N1CCN(c2cccc(F)c2)CC1. The molecule has 0 spiro atoms. The fourth-order valence-electron chi connectivity index (χ4n) is 2.96. The average molecular weight is 378 g/mol. The lowest BCUT2D eigenvalue weighted by molar-refractivity contribution is 0.208. The number of amides is 2. The van der Waals surface area contributed by atoms with Crippen LogP contribution in [0, 0.1) is 12.7 Å². The van der Waals surface area contributed by atoms with Crippen molar-refractivity contribution in [3.05, 3.63) is 52.8 Å². The van der Waals surface area contributed by atoms with Crippen molar-refractivity contribution in [2.45, 2.75) is 6.92 Å². The number of piperazine rings is 1. The minimum atomic E-state index is -0.257. The van der Waals surface area contributed by atoms with Crippen LogP contribution in [-0.4, -0.2) is 44.2 Å². The Balaban J connectivity index is 1.63. The van der Waals surface area contributed by atoms with Gasteiger partial charge in [-0.15, -0.1) is 0 Å². The summed E-state index contributed by atoms with van der Waals surface area (Å²) < 4.78 is 18.7. The highest BCUT2D eigenvalue weighted by Gasteiger charge is 2.22. The van der Waals surface area contributed by atoms with Crippen molar-refractivity contribution in [2.75, 3.05) is 43.5 Å². The second-order valence-electron chi connectivity index (χ2n) is 6.19. The molecule has 0 unspecified atom stereocenters. The Morgan fingerprint density at radius 1 is 1.19 bits per heavy atom. The van der Waals surface area contributed by atoms with Crippen LogP contribution in [0.4, 0.5) is 20.6 Å². The smallest absolute Gasteiger partial charge is 0.322 e. The molecule has 2 amide bonds. The molecule has 0 atom stereocenters. The van der Waals surface area contributed by atoms with E-state index in [2.05, 4.69) is 10.2 Å². The van der Waals surface area contributed by atoms with Crippen LogP contribution in [0.25, 0.3) is 0 Å². The minimum Gasteiger partial charge on any atom is -0.495 e. The number of hydrogen-bond acceptors (Lipinski definition) is 3. The van der Waals surface area contributed by atoms with Gasteiger partial charge in [-0.1, -0.05) is 17.7 Å². The van der Waals surface area contributed by atoms with Crippen molar-refractivity contribution in [3.63, 3.8) is 0 Å². The zero-order valence-electron chi connectivity index (χ0n) is 14.8. The molecule has 0 aromatic heterocycles.